The van der Waals surface area contributed by atoms with Crippen LogP contribution < -0.4 is 4.74 Å². The first kappa shape index (κ1) is 16.7. The average molecular weight is 341 g/mol. The molecule has 2 aromatic carbocycles. The molecule has 1 heterocycles. The van der Waals surface area contributed by atoms with E-state index in [9.17, 15) is 14.4 Å². The van der Waals surface area contributed by atoms with Crippen molar-refractivity contribution in [1.82, 2.24) is 5.06 Å². The van der Waals surface area contributed by atoms with E-state index in [-0.39, 0.29) is 16.7 Å². The van der Waals surface area contributed by atoms with E-state index < -0.39 is 17.8 Å². The summed E-state index contributed by atoms with van der Waals surface area (Å²) in [6.07, 6.45) is 0. The Hall–Kier alpha value is -3.19. The number of hydrogen-bond acceptors (Lipinski definition) is 6. The minimum absolute atomic E-state index is 0.190. The molecule has 2 aromatic rings. The molecule has 3 rings (SSSR count). The molecule has 7 nitrogen and oxygen atoms in total. The molecule has 0 bridgehead atoms. The lowest BCUT2D eigenvalue weighted by Gasteiger charge is -2.13. The zero-order valence-electron chi connectivity index (χ0n) is 13.4. The van der Waals surface area contributed by atoms with Crippen LogP contribution in [0.4, 0.5) is 0 Å². The van der Waals surface area contributed by atoms with Crippen molar-refractivity contribution in [2.24, 2.45) is 0 Å². The number of fused-ring (bicyclic) bond motifs is 1. The summed E-state index contributed by atoms with van der Waals surface area (Å²) in [6, 6.07) is 12.5. The Bertz CT molecular complexity index is 780. The SMILES string of the molecule is COCCOc1ccc(C(=O)ON2C(=O)c3ccccc3C2=O)cc1. The first-order valence-electron chi connectivity index (χ1n) is 7.53. The summed E-state index contributed by atoms with van der Waals surface area (Å²) in [5.74, 6) is -1.56. The highest BCUT2D eigenvalue weighted by molar-refractivity contribution is 6.21. The minimum atomic E-state index is -0.807. The molecular weight excluding hydrogens is 326 g/mol. The Labute approximate surface area is 143 Å². The number of carbonyl (C=O) groups excluding carboxylic acids is 3. The van der Waals surface area contributed by atoms with Crippen LogP contribution in [0.15, 0.2) is 48.5 Å². The highest BCUT2D eigenvalue weighted by Gasteiger charge is 2.38. The van der Waals surface area contributed by atoms with E-state index in [0.29, 0.717) is 24.0 Å². The average Bonchev–Trinajstić information content (AvgIpc) is 2.88. The van der Waals surface area contributed by atoms with Crippen molar-refractivity contribution in [2.45, 2.75) is 0 Å². The van der Waals surface area contributed by atoms with Crippen molar-refractivity contribution in [1.29, 1.82) is 0 Å². The number of carbonyl (C=O) groups is 3. The second kappa shape index (κ2) is 7.14. The van der Waals surface area contributed by atoms with E-state index in [2.05, 4.69) is 0 Å². The lowest BCUT2D eigenvalue weighted by atomic mass is 10.1. The number of imide groups is 1. The third-order valence-corrected chi connectivity index (χ3v) is 3.58. The van der Waals surface area contributed by atoms with Gasteiger partial charge in [-0.2, -0.15) is 0 Å². The van der Waals surface area contributed by atoms with Crippen molar-refractivity contribution in [3.63, 3.8) is 0 Å². The Morgan fingerprint density at radius 3 is 2.08 bits per heavy atom. The van der Waals surface area contributed by atoms with Crippen LogP contribution in [0.2, 0.25) is 0 Å². The predicted octanol–water partition coefficient (Wildman–Crippen LogP) is 2.08. The molecule has 25 heavy (non-hydrogen) atoms. The molecule has 2 amide bonds. The van der Waals surface area contributed by atoms with Crippen molar-refractivity contribution in [3.05, 3.63) is 65.2 Å². The highest BCUT2D eigenvalue weighted by atomic mass is 16.7. The van der Waals surface area contributed by atoms with Gasteiger partial charge in [0.05, 0.1) is 23.3 Å². The van der Waals surface area contributed by atoms with Gasteiger partial charge >= 0.3 is 5.97 Å². The maximum absolute atomic E-state index is 12.2. The first-order valence-corrected chi connectivity index (χ1v) is 7.53. The van der Waals surface area contributed by atoms with Gasteiger partial charge in [0.15, 0.2) is 0 Å². The van der Waals surface area contributed by atoms with Crippen LogP contribution in [0.5, 0.6) is 5.75 Å². The number of amides is 2. The van der Waals surface area contributed by atoms with Crippen molar-refractivity contribution >= 4 is 17.8 Å². The number of ether oxygens (including phenoxy) is 2. The lowest BCUT2D eigenvalue weighted by Crippen LogP contribution is -2.32. The Morgan fingerprint density at radius 1 is 0.920 bits per heavy atom. The van der Waals surface area contributed by atoms with Gasteiger partial charge in [0.1, 0.15) is 12.4 Å². The summed E-state index contributed by atoms with van der Waals surface area (Å²) in [5.41, 5.74) is 0.611. The third kappa shape index (κ3) is 3.36. The Balaban J connectivity index is 1.67. The van der Waals surface area contributed by atoms with Gasteiger partial charge < -0.3 is 14.3 Å². The van der Waals surface area contributed by atoms with E-state index in [1.165, 1.54) is 24.3 Å². The van der Waals surface area contributed by atoms with Crippen LogP contribution >= 0.6 is 0 Å². The molecule has 0 aromatic heterocycles. The summed E-state index contributed by atoms with van der Waals surface area (Å²) in [6.45, 7) is 0.832. The van der Waals surface area contributed by atoms with Crippen LogP contribution in [-0.2, 0) is 9.57 Å². The number of nitrogens with zero attached hydrogens (tertiary/aromatic N) is 1. The fourth-order valence-electron chi connectivity index (χ4n) is 2.32. The predicted molar refractivity (Wildman–Crippen MR) is 86.2 cm³/mol. The summed E-state index contributed by atoms with van der Waals surface area (Å²) >= 11 is 0. The maximum atomic E-state index is 12.2. The van der Waals surface area contributed by atoms with Gasteiger partial charge in [-0.15, -0.1) is 0 Å². The lowest BCUT2D eigenvalue weighted by molar-refractivity contribution is -0.0584. The molecule has 1 aliphatic heterocycles. The zero-order chi connectivity index (χ0) is 17.8. The normalized spacial score (nSPS) is 12.9. The van der Waals surface area contributed by atoms with Crippen molar-refractivity contribution < 1.29 is 28.7 Å². The summed E-state index contributed by atoms with van der Waals surface area (Å²) in [4.78, 5) is 41.5. The van der Waals surface area contributed by atoms with E-state index in [4.69, 9.17) is 14.3 Å². The monoisotopic (exact) mass is 341 g/mol. The van der Waals surface area contributed by atoms with Gasteiger partial charge in [0.25, 0.3) is 11.8 Å². The van der Waals surface area contributed by atoms with Gasteiger partial charge in [-0.05, 0) is 36.4 Å². The Kier molecular flexibility index (Phi) is 4.76. The van der Waals surface area contributed by atoms with E-state index in [1.807, 2.05) is 0 Å². The molecule has 0 atom stereocenters. The van der Waals surface area contributed by atoms with Gasteiger partial charge in [0, 0.05) is 7.11 Å². The molecule has 7 heteroatoms. The highest BCUT2D eigenvalue weighted by Crippen LogP contribution is 2.23. The van der Waals surface area contributed by atoms with E-state index in [0.717, 1.165) is 0 Å². The smallest absolute Gasteiger partial charge is 0.363 e. The quantitative estimate of drug-likeness (QED) is 0.591. The van der Waals surface area contributed by atoms with Gasteiger partial charge in [-0.25, -0.2) is 4.79 Å². The zero-order valence-corrected chi connectivity index (χ0v) is 13.4. The molecule has 0 aliphatic carbocycles. The molecule has 0 spiro atoms. The summed E-state index contributed by atoms with van der Waals surface area (Å²) in [7, 11) is 1.57. The summed E-state index contributed by atoms with van der Waals surface area (Å²) < 4.78 is 10.3. The largest absolute Gasteiger partial charge is 0.491 e. The molecular formula is C18H15NO6. The van der Waals surface area contributed by atoms with Crippen LogP contribution in [0.3, 0.4) is 0 Å². The second-order valence-corrected chi connectivity index (χ2v) is 5.19. The molecule has 0 fully saturated rings. The number of benzene rings is 2. The second-order valence-electron chi connectivity index (χ2n) is 5.19. The number of hydroxylamine groups is 2. The van der Waals surface area contributed by atoms with Crippen LogP contribution in [0, 0.1) is 0 Å². The molecule has 0 saturated carbocycles. The van der Waals surface area contributed by atoms with Gasteiger partial charge in [0.2, 0.25) is 0 Å². The van der Waals surface area contributed by atoms with Crippen molar-refractivity contribution in [2.75, 3.05) is 20.3 Å². The topological polar surface area (TPSA) is 82.1 Å². The summed E-state index contributed by atoms with van der Waals surface area (Å²) in [5, 5.41) is 0.482. The van der Waals surface area contributed by atoms with Gasteiger partial charge in [-0.1, -0.05) is 17.2 Å². The molecule has 128 valence electrons. The number of hydrogen-bond donors (Lipinski definition) is 0. The maximum Gasteiger partial charge on any atom is 0.363 e. The first-order chi connectivity index (χ1) is 12.1. The van der Waals surface area contributed by atoms with E-state index in [1.54, 1.807) is 31.4 Å². The number of rotatable bonds is 6. The van der Waals surface area contributed by atoms with Crippen LogP contribution in [0.1, 0.15) is 31.1 Å². The molecule has 0 unspecified atom stereocenters. The number of methoxy groups -OCH3 is 1. The molecule has 0 radical (unpaired) electrons. The fourth-order valence-corrected chi connectivity index (χ4v) is 2.32. The fraction of sp³-hybridized carbons (Fsp3) is 0.167. The van der Waals surface area contributed by atoms with Crippen LogP contribution in [0.25, 0.3) is 0 Å². The third-order valence-electron chi connectivity index (χ3n) is 3.58. The minimum Gasteiger partial charge on any atom is -0.491 e. The Morgan fingerprint density at radius 2 is 1.52 bits per heavy atom. The molecule has 0 N–H and O–H groups in total. The molecule has 1 aliphatic rings. The van der Waals surface area contributed by atoms with Crippen LogP contribution in [-0.4, -0.2) is 43.2 Å². The van der Waals surface area contributed by atoms with Gasteiger partial charge in [-0.3, -0.25) is 9.59 Å². The molecule has 0 saturated heterocycles. The van der Waals surface area contributed by atoms with Crippen molar-refractivity contribution in [3.8, 4) is 5.75 Å². The standard InChI is InChI=1S/C18H15NO6/c1-23-10-11-24-13-8-6-12(7-9-13)18(22)25-19-16(20)14-4-2-3-5-15(14)17(19)21/h2-9H,10-11H2,1H3. The van der Waals surface area contributed by atoms with E-state index >= 15 is 0 Å².